The molecule has 2 aliphatic rings. The molecule has 24 heavy (non-hydrogen) atoms. The average Bonchev–Trinajstić information content (AvgIpc) is 3.15. The predicted molar refractivity (Wildman–Crippen MR) is 93.8 cm³/mol. The molecule has 2 atom stereocenters. The van der Waals surface area contributed by atoms with Crippen molar-refractivity contribution in [2.24, 2.45) is 17.3 Å². The van der Waals surface area contributed by atoms with Gasteiger partial charge in [-0.1, -0.05) is 46.0 Å². The number of aliphatic carboxylic acids is 2. The van der Waals surface area contributed by atoms with Crippen LogP contribution < -0.4 is 0 Å². The van der Waals surface area contributed by atoms with Gasteiger partial charge in [-0.25, -0.2) is 9.59 Å². The molecule has 2 fully saturated rings. The lowest BCUT2D eigenvalue weighted by Gasteiger charge is -2.41. The molecule has 0 saturated heterocycles. The van der Waals surface area contributed by atoms with Gasteiger partial charge in [0, 0.05) is 0 Å². The Morgan fingerprint density at radius 3 is 2.08 bits per heavy atom. The predicted octanol–water partition coefficient (Wildman–Crippen LogP) is 5.03. The van der Waals surface area contributed by atoms with Crippen LogP contribution in [0.1, 0.15) is 84.5 Å². The van der Waals surface area contributed by atoms with Crippen LogP contribution in [0.2, 0.25) is 0 Å². The summed E-state index contributed by atoms with van der Waals surface area (Å²) < 4.78 is 0. The summed E-state index contributed by atoms with van der Waals surface area (Å²) >= 11 is 0. The molecule has 4 heteroatoms. The summed E-state index contributed by atoms with van der Waals surface area (Å²) in [5.41, 5.74) is 0.294. The van der Waals surface area contributed by atoms with E-state index in [1.165, 1.54) is 0 Å². The van der Waals surface area contributed by atoms with Gasteiger partial charge in [0.1, 0.15) is 5.57 Å². The van der Waals surface area contributed by atoms with Gasteiger partial charge in [-0.15, -0.1) is 0 Å². The first kappa shape index (κ1) is 19.0. The Morgan fingerprint density at radius 2 is 1.58 bits per heavy atom. The average molecular weight is 336 g/mol. The fourth-order valence-electron chi connectivity index (χ4n) is 5.57. The number of carboxylic acids is 2. The molecule has 2 aliphatic carbocycles. The van der Waals surface area contributed by atoms with E-state index in [0.29, 0.717) is 5.92 Å². The number of carboxylic acid groups (broad SMARTS) is 2. The Hall–Kier alpha value is -1.32. The Balaban J connectivity index is 2.63. The van der Waals surface area contributed by atoms with Gasteiger partial charge in [0.05, 0.1) is 0 Å². The van der Waals surface area contributed by atoms with Crippen LogP contribution in [0.4, 0.5) is 0 Å². The second-order valence-corrected chi connectivity index (χ2v) is 7.66. The first-order chi connectivity index (χ1) is 11.5. The maximum absolute atomic E-state index is 11.9. The lowest BCUT2D eigenvalue weighted by Crippen LogP contribution is -2.35. The molecule has 0 aromatic heterocycles. The van der Waals surface area contributed by atoms with Gasteiger partial charge in [-0.2, -0.15) is 0 Å². The second-order valence-electron chi connectivity index (χ2n) is 7.66. The van der Waals surface area contributed by atoms with E-state index in [1.54, 1.807) is 0 Å². The normalized spacial score (nSPS) is 27.3. The van der Waals surface area contributed by atoms with Crippen molar-refractivity contribution >= 4 is 11.9 Å². The van der Waals surface area contributed by atoms with Crippen molar-refractivity contribution in [2.75, 3.05) is 0 Å². The fourth-order valence-corrected chi connectivity index (χ4v) is 5.57. The van der Waals surface area contributed by atoms with Crippen molar-refractivity contribution in [1.82, 2.24) is 0 Å². The Kier molecular flexibility index (Phi) is 6.47. The lowest BCUT2D eigenvalue weighted by molar-refractivity contribution is -0.140. The Labute approximate surface area is 145 Å². The zero-order valence-electron chi connectivity index (χ0n) is 15.1. The quantitative estimate of drug-likeness (QED) is 0.370. The number of carbonyl (C=O) groups is 2. The number of allylic oxidation sites excluding steroid dienone is 1. The maximum Gasteiger partial charge on any atom is 0.343 e. The first-order valence-electron chi connectivity index (χ1n) is 9.69. The van der Waals surface area contributed by atoms with E-state index < -0.39 is 11.9 Å². The lowest BCUT2D eigenvalue weighted by atomic mass is 9.62. The van der Waals surface area contributed by atoms with Crippen LogP contribution in [0.3, 0.4) is 0 Å². The molecule has 2 unspecified atom stereocenters. The monoisotopic (exact) mass is 336 g/mol. The Morgan fingerprint density at radius 1 is 0.958 bits per heavy atom. The molecule has 4 nitrogen and oxygen atoms in total. The summed E-state index contributed by atoms with van der Waals surface area (Å²) in [6.45, 7) is 4.31. The second kappa shape index (κ2) is 8.17. The van der Waals surface area contributed by atoms with Crippen LogP contribution in [0.15, 0.2) is 11.1 Å². The molecule has 0 heterocycles. The molecule has 2 N–H and O–H groups in total. The summed E-state index contributed by atoms with van der Waals surface area (Å²) in [5, 5.41) is 19.4. The van der Waals surface area contributed by atoms with Crippen LogP contribution in [0, 0.1) is 17.3 Å². The van der Waals surface area contributed by atoms with Crippen LogP contribution in [-0.2, 0) is 9.59 Å². The van der Waals surface area contributed by atoms with Crippen LogP contribution in [-0.4, -0.2) is 22.2 Å². The van der Waals surface area contributed by atoms with E-state index in [4.69, 9.17) is 0 Å². The van der Waals surface area contributed by atoms with Gasteiger partial charge in [0.15, 0.2) is 0 Å². The van der Waals surface area contributed by atoms with Crippen LogP contribution >= 0.6 is 0 Å². The largest absolute Gasteiger partial charge is 0.477 e. The molecule has 2 saturated carbocycles. The molecular weight excluding hydrogens is 304 g/mol. The summed E-state index contributed by atoms with van der Waals surface area (Å²) in [7, 11) is 0. The van der Waals surface area contributed by atoms with Crippen molar-refractivity contribution in [3.05, 3.63) is 11.1 Å². The highest BCUT2D eigenvalue weighted by Gasteiger charge is 2.49. The molecule has 0 radical (unpaired) electrons. The first-order valence-corrected chi connectivity index (χ1v) is 9.69. The number of rotatable bonds is 8. The standard InChI is InChI=1S/C20H32O4/c1-3-8-15-11-7-13-20(15,12-4-2)17(14-9-5-6-10-14)16(18(21)22)19(23)24/h14-15H,3-13H2,1-2H3,(H,21,22)(H,23,24). The summed E-state index contributed by atoms with van der Waals surface area (Å²) in [4.78, 5) is 23.7. The highest BCUT2D eigenvalue weighted by Crippen LogP contribution is 2.58. The maximum atomic E-state index is 11.9. The van der Waals surface area contributed by atoms with E-state index in [9.17, 15) is 19.8 Å². The fraction of sp³-hybridized carbons (Fsp3) is 0.800. The van der Waals surface area contributed by atoms with Gasteiger partial charge in [-0.05, 0) is 61.3 Å². The highest BCUT2D eigenvalue weighted by atomic mass is 16.4. The molecule has 0 bridgehead atoms. The molecule has 0 spiro atoms. The third-order valence-corrected chi connectivity index (χ3v) is 6.29. The van der Waals surface area contributed by atoms with Gasteiger partial charge in [-0.3, -0.25) is 0 Å². The summed E-state index contributed by atoms with van der Waals surface area (Å²) in [6.07, 6.45) is 11.3. The zero-order valence-corrected chi connectivity index (χ0v) is 15.1. The van der Waals surface area contributed by atoms with Crippen molar-refractivity contribution in [2.45, 2.75) is 84.5 Å². The molecule has 2 rings (SSSR count). The van der Waals surface area contributed by atoms with E-state index in [-0.39, 0.29) is 16.9 Å². The zero-order chi connectivity index (χ0) is 17.7. The SMILES string of the molecule is CCCC1CCCC1(CCC)C(=C(C(=O)O)C(=O)O)C1CCCC1. The van der Waals surface area contributed by atoms with Gasteiger partial charge in [0.25, 0.3) is 0 Å². The van der Waals surface area contributed by atoms with E-state index in [0.717, 1.165) is 76.2 Å². The van der Waals surface area contributed by atoms with Crippen molar-refractivity contribution < 1.29 is 19.8 Å². The molecule has 136 valence electrons. The van der Waals surface area contributed by atoms with Gasteiger partial charge in [0.2, 0.25) is 0 Å². The third-order valence-electron chi connectivity index (χ3n) is 6.29. The van der Waals surface area contributed by atoms with Crippen molar-refractivity contribution in [1.29, 1.82) is 0 Å². The van der Waals surface area contributed by atoms with Crippen LogP contribution in [0.5, 0.6) is 0 Å². The minimum Gasteiger partial charge on any atom is -0.477 e. The highest BCUT2D eigenvalue weighted by molar-refractivity contribution is 6.13. The van der Waals surface area contributed by atoms with Gasteiger partial charge >= 0.3 is 11.9 Å². The smallest absolute Gasteiger partial charge is 0.343 e. The Bertz CT molecular complexity index is 486. The topological polar surface area (TPSA) is 74.6 Å². The summed E-state index contributed by atoms with van der Waals surface area (Å²) in [5.74, 6) is -1.91. The molecule has 0 aromatic rings. The van der Waals surface area contributed by atoms with E-state index >= 15 is 0 Å². The third kappa shape index (κ3) is 3.52. The minimum atomic E-state index is -1.25. The van der Waals surface area contributed by atoms with Crippen molar-refractivity contribution in [3.63, 3.8) is 0 Å². The molecular formula is C20H32O4. The van der Waals surface area contributed by atoms with E-state index in [1.807, 2.05) is 0 Å². The number of hydrogen-bond acceptors (Lipinski definition) is 2. The molecule has 0 aliphatic heterocycles. The van der Waals surface area contributed by atoms with Gasteiger partial charge < -0.3 is 10.2 Å². The van der Waals surface area contributed by atoms with E-state index in [2.05, 4.69) is 13.8 Å². The number of hydrogen-bond donors (Lipinski definition) is 2. The molecule has 0 aromatic carbocycles. The summed E-state index contributed by atoms with van der Waals surface area (Å²) in [6, 6.07) is 0. The minimum absolute atomic E-state index is 0.149. The van der Waals surface area contributed by atoms with Crippen molar-refractivity contribution in [3.8, 4) is 0 Å². The molecule has 0 amide bonds. The van der Waals surface area contributed by atoms with Crippen LogP contribution in [0.25, 0.3) is 0 Å².